The molecule has 0 radical (unpaired) electrons. The topological polar surface area (TPSA) is 67.2 Å². The average molecular weight is 301 g/mol. The summed E-state index contributed by atoms with van der Waals surface area (Å²) in [6.07, 6.45) is 0.679. The maximum Gasteiger partial charge on any atom is 0.272 e. The molecule has 0 saturated carbocycles. The highest BCUT2D eigenvalue weighted by molar-refractivity contribution is 5.92. The maximum absolute atomic E-state index is 12.3. The van der Waals surface area contributed by atoms with Crippen LogP contribution in [0.3, 0.4) is 0 Å². The van der Waals surface area contributed by atoms with Crippen molar-refractivity contribution >= 4 is 5.91 Å². The van der Waals surface area contributed by atoms with E-state index in [0.29, 0.717) is 12.1 Å². The van der Waals surface area contributed by atoms with Crippen LogP contribution in [0.4, 0.5) is 0 Å². The number of benzene rings is 1. The summed E-state index contributed by atoms with van der Waals surface area (Å²) in [6.45, 7) is 5.99. The number of aromatic nitrogens is 2. The Bertz CT molecular complexity index is 616. The Morgan fingerprint density at radius 3 is 2.55 bits per heavy atom. The summed E-state index contributed by atoms with van der Waals surface area (Å²) in [5, 5.41) is 16.5. The van der Waals surface area contributed by atoms with E-state index < -0.39 is 0 Å². The fraction of sp³-hybridized carbons (Fsp3) is 0.412. The molecule has 2 rings (SSSR count). The molecule has 22 heavy (non-hydrogen) atoms. The largest absolute Gasteiger partial charge is 0.394 e. The molecule has 2 N–H and O–H groups in total. The fourth-order valence-corrected chi connectivity index (χ4v) is 2.23. The summed E-state index contributed by atoms with van der Waals surface area (Å²) in [4.78, 5) is 12.3. The number of nitrogens with zero attached hydrogens (tertiary/aromatic N) is 2. The third kappa shape index (κ3) is 3.54. The lowest BCUT2D eigenvalue weighted by Gasteiger charge is -2.12. The van der Waals surface area contributed by atoms with E-state index in [2.05, 4.69) is 24.3 Å². The van der Waals surface area contributed by atoms with E-state index in [-0.39, 0.29) is 24.5 Å². The number of para-hydroxylation sites is 1. The summed E-state index contributed by atoms with van der Waals surface area (Å²) in [7, 11) is 0. The zero-order chi connectivity index (χ0) is 16.1. The van der Waals surface area contributed by atoms with Gasteiger partial charge in [-0.05, 0) is 30.5 Å². The first-order valence-corrected chi connectivity index (χ1v) is 7.63. The van der Waals surface area contributed by atoms with Gasteiger partial charge in [0.15, 0.2) is 5.69 Å². The lowest BCUT2D eigenvalue weighted by molar-refractivity contribution is 0.0909. The van der Waals surface area contributed by atoms with Gasteiger partial charge in [0, 0.05) is 5.69 Å². The van der Waals surface area contributed by atoms with Crippen LogP contribution in [0.25, 0.3) is 5.69 Å². The zero-order valence-corrected chi connectivity index (χ0v) is 13.3. The SMILES string of the molecule is CCC(CO)NC(=O)c1cc(C(C)C)n(-c2ccccc2)n1. The van der Waals surface area contributed by atoms with E-state index in [0.717, 1.165) is 11.4 Å². The summed E-state index contributed by atoms with van der Waals surface area (Å²) in [5.74, 6) is -0.00782. The third-order valence-corrected chi connectivity index (χ3v) is 3.61. The molecule has 1 aromatic heterocycles. The molecule has 2 aromatic rings. The molecule has 0 saturated heterocycles. The molecule has 118 valence electrons. The number of nitrogens with one attached hydrogen (secondary N) is 1. The van der Waals surface area contributed by atoms with Gasteiger partial charge in [0.2, 0.25) is 0 Å². The van der Waals surface area contributed by atoms with E-state index in [1.54, 1.807) is 4.68 Å². The number of carbonyl (C=O) groups excluding carboxylic acids is 1. The Balaban J connectivity index is 2.33. The molecule has 0 aliphatic heterocycles. The predicted molar refractivity (Wildman–Crippen MR) is 86.3 cm³/mol. The molecule has 0 aliphatic carbocycles. The van der Waals surface area contributed by atoms with Crippen LogP contribution in [0.15, 0.2) is 36.4 Å². The Hall–Kier alpha value is -2.14. The summed E-state index contributed by atoms with van der Waals surface area (Å²) in [5.41, 5.74) is 2.28. The molecule has 1 unspecified atom stereocenters. The molecule has 1 aromatic carbocycles. The van der Waals surface area contributed by atoms with E-state index in [4.69, 9.17) is 0 Å². The molecule has 0 spiro atoms. The van der Waals surface area contributed by atoms with Crippen molar-refractivity contribution in [3.63, 3.8) is 0 Å². The van der Waals surface area contributed by atoms with Crippen LogP contribution in [-0.2, 0) is 0 Å². The number of rotatable bonds is 6. The minimum atomic E-state index is -0.252. The van der Waals surface area contributed by atoms with Gasteiger partial charge < -0.3 is 10.4 Å². The second-order valence-corrected chi connectivity index (χ2v) is 5.62. The third-order valence-electron chi connectivity index (χ3n) is 3.61. The van der Waals surface area contributed by atoms with Crippen molar-refractivity contribution in [2.75, 3.05) is 6.61 Å². The second-order valence-electron chi connectivity index (χ2n) is 5.62. The number of hydrogen-bond acceptors (Lipinski definition) is 3. The highest BCUT2D eigenvalue weighted by Gasteiger charge is 2.19. The first-order valence-electron chi connectivity index (χ1n) is 7.63. The van der Waals surface area contributed by atoms with Crippen molar-refractivity contribution in [1.82, 2.24) is 15.1 Å². The van der Waals surface area contributed by atoms with Crippen LogP contribution in [0.1, 0.15) is 49.3 Å². The van der Waals surface area contributed by atoms with E-state index >= 15 is 0 Å². The quantitative estimate of drug-likeness (QED) is 0.861. The lowest BCUT2D eigenvalue weighted by atomic mass is 10.1. The van der Waals surface area contributed by atoms with Crippen LogP contribution >= 0.6 is 0 Å². The Morgan fingerprint density at radius 2 is 2.00 bits per heavy atom. The molecule has 5 nitrogen and oxygen atoms in total. The Morgan fingerprint density at radius 1 is 1.32 bits per heavy atom. The highest BCUT2D eigenvalue weighted by Crippen LogP contribution is 2.20. The van der Waals surface area contributed by atoms with Crippen molar-refractivity contribution in [1.29, 1.82) is 0 Å². The monoisotopic (exact) mass is 301 g/mol. The second kappa shape index (κ2) is 7.22. The standard InChI is InChI=1S/C17H23N3O2/c1-4-13(11-21)18-17(22)15-10-16(12(2)3)20(19-15)14-8-6-5-7-9-14/h5-10,12-13,21H,4,11H2,1-3H3,(H,18,22). The summed E-state index contributed by atoms with van der Waals surface area (Å²) >= 11 is 0. The normalized spacial score (nSPS) is 12.4. The number of aliphatic hydroxyl groups excluding tert-OH is 1. The van der Waals surface area contributed by atoms with Crippen molar-refractivity contribution in [2.24, 2.45) is 0 Å². The number of amides is 1. The van der Waals surface area contributed by atoms with Crippen molar-refractivity contribution in [2.45, 2.75) is 39.2 Å². The molecule has 1 amide bonds. The maximum atomic E-state index is 12.3. The van der Waals surface area contributed by atoms with E-state index in [1.165, 1.54) is 0 Å². The molecule has 0 aliphatic rings. The fourth-order valence-electron chi connectivity index (χ4n) is 2.23. The lowest BCUT2D eigenvalue weighted by Crippen LogP contribution is -2.37. The summed E-state index contributed by atoms with van der Waals surface area (Å²) in [6, 6.07) is 11.3. The minimum Gasteiger partial charge on any atom is -0.394 e. The molecular weight excluding hydrogens is 278 g/mol. The zero-order valence-electron chi connectivity index (χ0n) is 13.3. The van der Waals surface area contributed by atoms with Gasteiger partial charge in [0.05, 0.1) is 18.3 Å². The molecule has 1 atom stereocenters. The molecule has 0 fully saturated rings. The van der Waals surface area contributed by atoms with Crippen LogP contribution in [0, 0.1) is 0 Å². The first kappa shape index (κ1) is 16.2. The van der Waals surface area contributed by atoms with Gasteiger partial charge in [-0.3, -0.25) is 4.79 Å². The molecule has 5 heteroatoms. The minimum absolute atomic E-state index is 0.0708. The van der Waals surface area contributed by atoms with Crippen molar-refractivity contribution < 1.29 is 9.90 Å². The first-order chi connectivity index (χ1) is 10.6. The van der Waals surface area contributed by atoms with Crippen molar-refractivity contribution in [3.8, 4) is 5.69 Å². The smallest absolute Gasteiger partial charge is 0.272 e. The van der Waals surface area contributed by atoms with Gasteiger partial charge in [0.25, 0.3) is 5.91 Å². The van der Waals surface area contributed by atoms with E-state index in [9.17, 15) is 9.90 Å². The van der Waals surface area contributed by atoms with Gasteiger partial charge in [0.1, 0.15) is 0 Å². The predicted octanol–water partition coefficient (Wildman–Crippen LogP) is 2.50. The Kier molecular flexibility index (Phi) is 5.33. The average Bonchev–Trinajstić information content (AvgIpc) is 2.99. The van der Waals surface area contributed by atoms with Gasteiger partial charge in [-0.15, -0.1) is 0 Å². The van der Waals surface area contributed by atoms with Gasteiger partial charge in [-0.1, -0.05) is 39.0 Å². The van der Waals surface area contributed by atoms with E-state index in [1.807, 2.05) is 43.3 Å². The van der Waals surface area contributed by atoms with Crippen LogP contribution in [0.2, 0.25) is 0 Å². The number of hydrogen-bond donors (Lipinski definition) is 2. The molecule has 0 bridgehead atoms. The highest BCUT2D eigenvalue weighted by atomic mass is 16.3. The van der Waals surface area contributed by atoms with Gasteiger partial charge in [-0.25, -0.2) is 4.68 Å². The van der Waals surface area contributed by atoms with Crippen LogP contribution in [0.5, 0.6) is 0 Å². The Labute approximate surface area is 131 Å². The number of carbonyl (C=O) groups is 1. The van der Waals surface area contributed by atoms with Crippen LogP contribution in [-0.4, -0.2) is 33.4 Å². The molecule has 1 heterocycles. The van der Waals surface area contributed by atoms with Gasteiger partial charge >= 0.3 is 0 Å². The van der Waals surface area contributed by atoms with Crippen molar-refractivity contribution in [3.05, 3.63) is 47.8 Å². The van der Waals surface area contributed by atoms with Gasteiger partial charge in [-0.2, -0.15) is 5.10 Å². The summed E-state index contributed by atoms with van der Waals surface area (Å²) < 4.78 is 1.81. The number of aliphatic hydroxyl groups is 1. The molecular formula is C17H23N3O2. The van der Waals surface area contributed by atoms with Crippen LogP contribution < -0.4 is 5.32 Å².